The van der Waals surface area contributed by atoms with Crippen molar-refractivity contribution in [2.24, 2.45) is 0 Å². The van der Waals surface area contributed by atoms with Crippen LogP contribution in [0, 0.1) is 0 Å². The molecular weight excluding hydrogens is 146 g/mol. The van der Waals surface area contributed by atoms with Crippen molar-refractivity contribution in [2.45, 2.75) is 32.4 Å². The quantitative estimate of drug-likeness (QED) is 0.615. The molecule has 1 aliphatic heterocycles. The van der Waals surface area contributed by atoms with Crippen molar-refractivity contribution in [2.75, 3.05) is 0 Å². The molecule has 1 heteroatoms. The van der Waals surface area contributed by atoms with Crippen LogP contribution in [-0.4, -0.2) is 6.04 Å². The van der Waals surface area contributed by atoms with Gasteiger partial charge in [-0.25, -0.2) is 0 Å². The van der Waals surface area contributed by atoms with E-state index >= 15 is 0 Å². The minimum atomic E-state index is 0.611. The van der Waals surface area contributed by atoms with E-state index in [1.165, 1.54) is 11.1 Å². The Kier molecular flexibility index (Phi) is 1.89. The van der Waals surface area contributed by atoms with Gasteiger partial charge in [0.15, 0.2) is 0 Å². The van der Waals surface area contributed by atoms with Crippen molar-refractivity contribution in [3.8, 4) is 0 Å². The molecule has 1 nitrogen and oxygen atoms in total. The van der Waals surface area contributed by atoms with E-state index in [4.69, 9.17) is 0 Å². The monoisotopic (exact) mass is 161 g/mol. The second-order valence-electron chi connectivity index (χ2n) is 3.66. The fourth-order valence-corrected chi connectivity index (χ4v) is 1.86. The predicted octanol–water partition coefficient (Wildman–Crippen LogP) is 2.28. The summed E-state index contributed by atoms with van der Waals surface area (Å²) < 4.78 is 0. The molecule has 0 fully saturated rings. The molecule has 64 valence electrons. The zero-order valence-corrected chi connectivity index (χ0v) is 7.67. The van der Waals surface area contributed by atoms with Gasteiger partial charge in [0.25, 0.3) is 0 Å². The lowest BCUT2D eigenvalue weighted by molar-refractivity contribution is 0.449. The summed E-state index contributed by atoms with van der Waals surface area (Å²) in [5.74, 6) is 0.648. The summed E-state index contributed by atoms with van der Waals surface area (Å²) in [5, 5.41) is 3.49. The molecule has 0 aromatic heterocycles. The second kappa shape index (κ2) is 2.91. The van der Waals surface area contributed by atoms with Crippen LogP contribution in [-0.2, 0) is 6.54 Å². The molecule has 2 rings (SSSR count). The Morgan fingerprint density at radius 3 is 2.83 bits per heavy atom. The molecule has 0 aliphatic carbocycles. The van der Waals surface area contributed by atoms with Crippen LogP contribution in [0.3, 0.4) is 0 Å². The van der Waals surface area contributed by atoms with Gasteiger partial charge >= 0.3 is 0 Å². The number of nitrogens with one attached hydrogen (secondary N) is 1. The average molecular weight is 161 g/mol. The van der Waals surface area contributed by atoms with Gasteiger partial charge < -0.3 is 5.32 Å². The highest BCUT2D eigenvalue weighted by Crippen LogP contribution is 2.26. The number of hydrogen-bond donors (Lipinski definition) is 1. The van der Waals surface area contributed by atoms with Crippen LogP contribution >= 0.6 is 0 Å². The van der Waals surface area contributed by atoms with Crippen molar-refractivity contribution in [3.63, 3.8) is 0 Å². The first-order valence-corrected chi connectivity index (χ1v) is 4.60. The molecule has 0 spiro atoms. The Morgan fingerprint density at radius 1 is 1.25 bits per heavy atom. The van der Waals surface area contributed by atoms with E-state index in [1.54, 1.807) is 0 Å². The highest BCUT2D eigenvalue weighted by atomic mass is 14.9. The van der Waals surface area contributed by atoms with Gasteiger partial charge in [0, 0.05) is 12.6 Å². The lowest BCUT2D eigenvalue weighted by Crippen LogP contribution is -2.35. The first kappa shape index (κ1) is 7.81. The maximum absolute atomic E-state index is 3.49. The Labute approximate surface area is 73.8 Å². The molecule has 0 amide bonds. The van der Waals surface area contributed by atoms with Gasteiger partial charge in [-0.05, 0) is 24.0 Å². The topological polar surface area (TPSA) is 12.0 Å². The summed E-state index contributed by atoms with van der Waals surface area (Å²) >= 11 is 0. The maximum atomic E-state index is 3.49. The number of fused-ring (bicyclic) bond motifs is 1. The van der Waals surface area contributed by atoms with Crippen molar-refractivity contribution in [3.05, 3.63) is 35.4 Å². The van der Waals surface area contributed by atoms with Crippen molar-refractivity contribution >= 4 is 0 Å². The Hall–Kier alpha value is -0.820. The lowest BCUT2D eigenvalue weighted by atomic mass is 9.87. The van der Waals surface area contributed by atoms with E-state index in [2.05, 4.69) is 43.4 Å². The molecule has 1 aromatic rings. The summed E-state index contributed by atoms with van der Waals surface area (Å²) in [5.41, 5.74) is 2.98. The molecule has 0 saturated heterocycles. The molecule has 0 bridgehead atoms. The van der Waals surface area contributed by atoms with E-state index in [-0.39, 0.29) is 0 Å². The second-order valence-corrected chi connectivity index (χ2v) is 3.66. The number of hydrogen-bond acceptors (Lipinski definition) is 1. The normalized spacial score (nSPS) is 28.2. The molecular formula is C11H15N. The van der Waals surface area contributed by atoms with E-state index in [9.17, 15) is 0 Å². The third-order valence-electron chi connectivity index (χ3n) is 2.91. The molecule has 2 atom stereocenters. The van der Waals surface area contributed by atoms with Gasteiger partial charge in [-0.2, -0.15) is 0 Å². The van der Waals surface area contributed by atoms with Crippen LogP contribution < -0.4 is 5.32 Å². The summed E-state index contributed by atoms with van der Waals surface area (Å²) in [6.07, 6.45) is 0. The standard InChI is InChI=1S/C11H15N/c1-8-9(2)12-7-10-5-3-4-6-11(8)10/h3-6,8-9,12H,7H2,1-2H3/t8-,9+/m0/s1. The van der Waals surface area contributed by atoms with Crippen molar-refractivity contribution in [1.29, 1.82) is 0 Å². The fourth-order valence-electron chi connectivity index (χ4n) is 1.86. The molecule has 1 heterocycles. The summed E-state index contributed by atoms with van der Waals surface area (Å²) in [6, 6.07) is 9.32. The van der Waals surface area contributed by atoms with Crippen LogP contribution in [0.15, 0.2) is 24.3 Å². The molecule has 1 N–H and O–H groups in total. The Bertz CT molecular complexity index is 280. The van der Waals surface area contributed by atoms with E-state index in [1.807, 2.05) is 0 Å². The highest BCUT2D eigenvalue weighted by molar-refractivity contribution is 5.32. The Morgan fingerprint density at radius 2 is 2.00 bits per heavy atom. The van der Waals surface area contributed by atoms with Gasteiger partial charge in [0.05, 0.1) is 0 Å². The largest absolute Gasteiger partial charge is 0.310 e. The van der Waals surface area contributed by atoms with Crippen LogP contribution in [0.4, 0.5) is 0 Å². The molecule has 1 aliphatic rings. The fraction of sp³-hybridized carbons (Fsp3) is 0.455. The van der Waals surface area contributed by atoms with Crippen molar-refractivity contribution < 1.29 is 0 Å². The van der Waals surface area contributed by atoms with Crippen LogP contribution in [0.5, 0.6) is 0 Å². The summed E-state index contributed by atoms with van der Waals surface area (Å²) in [7, 11) is 0. The number of benzene rings is 1. The minimum absolute atomic E-state index is 0.611. The third kappa shape index (κ3) is 1.14. The molecule has 0 saturated carbocycles. The summed E-state index contributed by atoms with van der Waals surface area (Å²) in [6.45, 7) is 5.57. The van der Waals surface area contributed by atoms with Crippen LogP contribution in [0.1, 0.15) is 30.9 Å². The van der Waals surface area contributed by atoms with Crippen LogP contribution in [0.2, 0.25) is 0 Å². The SMILES string of the molecule is C[C@@H]1c2ccccc2CN[C@@H]1C. The Balaban J connectivity index is 2.42. The summed E-state index contributed by atoms with van der Waals surface area (Å²) in [4.78, 5) is 0. The minimum Gasteiger partial charge on any atom is -0.310 e. The molecule has 0 unspecified atom stereocenters. The highest BCUT2D eigenvalue weighted by Gasteiger charge is 2.20. The zero-order chi connectivity index (χ0) is 8.55. The molecule has 1 aromatic carbocycles. The van der Waals surface area contributed by atoms with Gasteiger partial charge in [0.2, 0.25) is 0 Å². The third-order valence-corrected chi connectivity index (χ3v) is 2.91. The smallest absolute Gasteiger partial charge is 0.0211 e. The maximum Gasteiger partial charge on any atom is 0.0211 e. The predicted molar refractivity (Wildman–Crippen MR) is 51.2 cm³/mol. The molecule has 0 radical (unpaired) electrons. The van der Waals surface area contributed by atoms with E-state index in [0.717, 1.165) is 6.54 Å². The van der Waals surface area contributed by atoms with Gasteiger partial charge in [0.1, 0.15) is 0 Å². The van der Waals surface area contributed by atoms with Crippen molar-refractivity contribution in [1.82, 2.24) is 5.32 Å². The average Bonchev–Trinajstić information content (AvgIpc) is 2.12. The van der Waals surface area contributed by atoms with Gasteiger partial charge in [-0.1, -0.05) is 31.2 Å². The van der Waals surface area contributed by atoms with Crippen LogP contribution in [0.25, 0.3) is 0 Å². The molecule has 12 heavy (non-hydrogen) atoms. The first-order valence-electron chi connectivity index (χ1n) is 4.60. The number of rotatable bonds is 0. The van der Waals surface area contributed by atoms with E-state index in [0.29, 0.717) is 12.0 Å². The van der Waals surface area contributed by atoms with Gasteiger partial charge in [-0.15, -0.1) is 0 Å². The first-order chi connectivity index (χ1) is 5.79. The lowest BCUT2D eigenvalue weighted by Gasteiger charge is -2.29. The van der Waals surface area contributed by atoms with E-state index < -0.39 is 0 Å². The van der Waals surface area contributed by atoms with Gasteiger partial charge in [-0.3, -0.25) is 0 Å². The zero-order valence-electron chi connectivity index (χ0n) is 7.67.